The summed E-state index contributed by atoms with van der Waals surface area (Å²) < 4.78 is 6.39. The number of hydrogen-bond donors (Lipinski definition) is 1. The lowest BCUT2D eigenvalue weighted by Gasteiger charge is -2.25. The van der Waals surface area contributed by atoms with Gasteiger partial charge < -0.3 is 10.5 Å². The minimum absolute atomic E-state index is 0.191. The fourth-order valence-corrected chi connectivity index (χ4v) is 3.25. The van der Waals surface area contributed by atoms with Gasteiger partial charge in [-0.05, 0) is 54.4 Å². The number of halogens is 1. The number of rotatable bonds is 6. The van der Waals surface area contributed by atoms with Gasteiger partial charge in [-0.3, -0.25) is 0 Å². The smallest absolute Gasteiger partial charge is 0.119 e. The Kier molecular flexibility index (Phi) is 6.53. The van der Waals surface area contributed by atoms with Gasteiger partial charge in [-0.15, -0.1) is 0 Å². The van der Waals surface area contributed by atoms with Crippen LogP contribution in [0.3, 0.4) is 0 Å². The molecule has 2 unspecified atom stereocenters. The molecule has 20 heavy (non-hydrogen) atoms. The minimum Gasteiger partial charge on any atom is -0.497 e. The minimum atomic E-state index is 0.191. The molecular weight excluding hydrogens is 314 g/mol. The van der Waals surface area contributed by atoms with Crippen molar-refractivity contribution in [3.63, 3.8) is 0 Å². The van der Waals surface area contributed by atoms with Crippen molar-refractivity contribution in [1.82, 2.24) is 0 Å². The maximum absolute atomic E-state index is 6.32. The molecule has 0 saturated heterocycles. The molecular formula is C17H28BrNO. The van der Waals surface area contributed by atoms with Crippen LogP contribution in [0.1, 0.15) is 46.1 Å². The first kappa shape index (κ1) is 17.5. The summed E-state index contributed by atoms with van der Waals surface area (Å²) in [7, 11) is 1.69. The zero-order valence-corrected chi connectivity index (χ0v) is 15.0. The van der Waals surface area contributed by atoms with Crippen molar-refractivity contribution in [2.75, 3.05) is 7.11 Å². The summed E-state index contributed by atoms with van der Waals surface area (Å²) in [5, 5.41) is 0. The summed E-state index contributed by atoms with van der Waals surface area (Å²) in [5.74, 6) is 1.53. The van der Waals surface area contributed by atoms with Crippen LogP contribution in [0.15, 0.2) is 22.7 Å². The molecule has 0 heterocycles. The van der Waals surface area contributed by atoms with Gasteiger partial charge in [-0.2, -0.15) is 0 Å². The van der Waals surface area contributed by atoms with E-state index in [1.54, 1.807) is 7.11 Å². The molecule has 0 fully saturated rings. The summed E-state index contributed by atoms with van der Waals surface area (Å²) >= 11 is 3.59. The molecule has 2 nitrogen and oxygen atoms in total. The lowest BCUT2D eigenvalue weighted by molar-refractivity contribution is 0.285. The normalized spacial score (nSPS) is 14.9. The Balaban J connectivity index is 2.60. The molecule has 114 valence electrons. The van der Waals surface area contributed by atoms with E-state index in [2.05, 4.69) is 49.7 Å². The van der Waals surface area contributed by atoms with Crippen molar-refractivity contribution in [2.24, 2.45) is 17.1 Å². The lowest BCUT2D eigenvalue weighted by atomic mass is 9.82. The summed E-state index contributed by atoms with van der Waals surface area (Å²) in [5.41, 5.74) is 7.92. The average molecular weight is 342 g/mol. The first-order chi connectivity index (χ1) is 9.21. The van der Waals surface area contributed by atoms with Crippen molar-refractivity contribution < 1.29 is 4.74 Å². The molecule has 0 amide bonds. The molecule has 2 atom stereocenters. The van der Waals surface area contributed by atoms with Crippen LogP contribution in [-0.4, -0.2) is 13.2 Å². The maximum Gasteiger partial charge on any atom is 0.119 e. The van der Waals surface area contributed by atoms with Gasteiger partial charge in [0.2, 0.25) is 0 Å². The van der Waals surface area contributed by atoms with E-state index in [0.717, 1.165) is 23.1 Å². The topological polar surface area (TPSA) is 35.2 Å². The molecule has 0 aromatic heterocycles. The second-order valence-electron chi connectivity index (χ2n) is 7.03. The van der Waals surface area contributed by atoms with Crippen molar-refractivity contribution in [2.45, 2.75) is 53.0 Å². The van der Waals surface area contributed by atoms with Crippen LogP contribution in [0.2, 0.25) is 0 Å². The summed E-state index contributed by atoms with van der Waals surface area (Å²) in [6, 6.07) is 6.25. The van der Waals surface area contributed by atoms with Crippen molar-refractivity contribution in [3.8, 4) is 5.75 Å². The van der Waals surface area contributed by atoms with Crippen LogP contribution in [0.5, 0.6) is 5.75 Å². The van der Waals surface area contributed by atoms with Gasteiger partial charge in [0, 0.05) is 10.5 Å². The van der Waals surface area contributed by atoms with E-state index < -0.39 is 0 Å². The molecule has 1 aromatic rings. The number of ether oxygens (including phenoxy) is 1. The largest absolute Gasteiger partial charge is 0.497 e. The second kappa shape index (κ2) is 7.46. The number of methoxy groups -OCH3 is 1. The molecule has 0 radical (unpaired) electrons. The maximum atomic E-state index is 6.32. The molecule has 0 aliphatic carbocycles. The Labute approximate surface area is 132 Å². The molecule has 0 aliphatic rings. The Morgan fingerprint density at radius 3 is 2.50 bits per heavy atom. The van der Waals surface area contributed by atoms with Gasteiger partial charge in [0.05, 0.1) is 7.11 Å². The monoisotopic (exact) mass is 341 g/mol. The van der Waals surface area contributed by atoms with Crippen LogP contribution in [0, 0.1) is 11.3 Å². The Bertz CT molecular complexity index is 425. The van der Waals surface area contributed by atoms with E-state index in [4.69, 9.17) is 10.5 Å². The van der Waals surface area contributed by atoms with Crippen molar-refractivity contribution in [1.29, 1.82) is 0 Å². The van der Waals surface area contributed by atoms with Crippen molar-refractivity contribution in [3.05, 3.63) is 28.2 Å². The van der Waals surface area contributed by atoms with Gasteiger partial charge in [0.1, 0.15) is 5.75 Å². The summed E-state index contributed by atoms with van der Waals surface area (Å²) in [6.07, 6.45) is 3.15. The van der Waals surface area contributed by atoms with Crippen LogP contribution in [0.4, 0.5) is 0 Å². The Morgan fingerprint density at radius 2 is 1.95 bits per heavy atom. The van der Waals surface area contributed by atoms with E-state index in [9.17, 15) is 0 Å². The number of nitrogens with two attached hydrogens (primary N) is 1. The second-order valence-corrected chi connectivity index (χ2v) is 7.88. The van der Waals surface area contributed by atoms with Gasteiger partial charge >= 0.3 is 0 Å². The SMILES string of the molecule is COc1ccc(Br)c(CC(N)CC(C)CC(C)(C)C)c1. The fraction of sp³-hybridized carbons (Fsp3) is 0.647. The highest BCUT2D eigenvalue weighted by Gasteiger charge is 2.18. The molecule has 1 rings (SSSR count). The van der Waals surface area contributed by atoms with Gasteiger partial charge in [0.15, 0.2) is 0 Å². The first-order valence-electron chi connectivity index (χ1n) is 7.29. The summed E-state index contributed by atoms with van der Waals surface area (Å²) in [6.45, 7) is 9.15. The van der Waals surface area contributed by atoms with Crippen LogP contribution >= 0.6 is 15.9 Å². The molecule has 0 aliphatic heterocycles. The van der Waals surface area contributed by atoms with E-state index >= 15 is 0 Å². The standard InChI is InChI=1S/C17H28BrNO/c1-12(11-17(2,3)4)8-14(19)9-13-10-15(20-5)6-7-16(13)18/h6-7,10,12,14H,8-9,11,19H2,1-5H3. The quantitative estimate of drug-likeness (QED) is 0.807. The van der Waals surface area contributed by atoms with E-state index in [1.165, 1.54) is 12.0 Å². The predicted octanol–water partition coefficient (Wildman–Crippen LogP) is 4.79. The highest BCUT2D eigenvalue weighted by Crippen LogP contribution is 2.28. The molecule has 3 heteroatoms. The third kappa shape index (κ3) is 6.27. The third-order valence-corrected chi connectivity index (χ3v) is 4.17. The Morgan fingerprint density at radius 1 is 1.30 bits per heavy atom. The zero-order valence-electron chi connectivity index (χ0n) is 13.4. The molecule has 2 N–H and O–H groups in total. The van der Waals surface area contributed by atoms with E-state index in [0.29, 0.717) is 11.3 Å². The van der Waals surface area contributed by atoms with Crippen LogP contribution < -0.4 is 10.5 Å². The number of hydrogen-bond acceptors (Lipinski definition) is 2. The molecule has 1 aromatic carbocycles. The fourth-order valence-electron chi connectivity index (χ4n) is 2.85. The lowest BCUT2D eigenvalue weighted by Crippen LogP contribution is -2.27. The zero-order chi connectivity index (χ0) is 15.3. The van der Waals surface area contributed by atoms with Gasteiger partial charge in [-0.1, -0.05) is 43.6 Å². The third-order valence-electron chi connectivity index (χ3n) is 3.40. The van der Waals surface area contributed by atoms with Gasteiger partial charge in [-0.25, -0.2) is 0 Å². The average Bonchev–Trinajstić information content (AvgIpc) is 2.29. The number of benzene rings is 1. The van der Waals surface area contributed by atoms with Crippen LogP contribution in [-0.2, 0) is 6.42 Å². The first-order valence-corrected chi connectivity index (χ1v) is 8.08. The molecule has 0 spiro atoms. The Hall–Kier alpha value is -0.540. The highest BCUT2D eigenvalue weighted by atomic mass is 79.9. The highest BCUT2D eigenvalue weighted by molar-refractivity contribution is 9.10. The molecule has 0 saturated carbocycles. The molecule has 0 bridgehead atoms. The van der Waals surface area contributed by atoms with Gasteiger partial charge in [0.25, 0.3) is 0 Å². The summed E-state index contributed by atoms with van der Waals surface area (Å²) in [4.78, 5) is 0. The van der Waals surface area contributed by atoms with E-state index in [1.807, 2.05) is 12.1 Å². The predicted molar refractivity (Wildman–Crippen MR) is 90.2 cm³/mol. The van der Waals surface area contributed by atoms with E-state index in [-0.39, 0.29) is 6.04 Å². The van der Waals surface area contributed by atoms with Crippen LogP contribution in [0.25, 0.3) is 0 Å². The van der Waals surface area contributed by atoms with Crippen molar-refractivity contribution >= 4 is 15.9 Å².